The van der Waals surface area contributed by atoms with Crippen molar-refractivity contribution in [1.29, 1.82) is 0 Å². The fourth-order valence-corrected chi connectivity index (χ4v) is 4.54. The van der Waals surface area contributed by atoms with Crippen LogP contribution in [0.5, 0.6) is 0 Å². The molecule has 2 bridgehead atoms. The maximum absolute atomic E-state index is 10.4. The third-order valence-corrected chi connectivity index (χ3v) is 5.44. The lowest BCUT2D eigenvalue weighted by Gasteiger charge is -2.59. The predicted molar refractivity (Wildman–Crippen MR) is 78.1 cm³/mol. The van der Waals surface area contributed by atoms with Crippen molar-refractivity contribution in [2.24, 2.45) is 17.3 Å². The SMILES string of the molecule is C=CC[C@]12C=C(C)[C@H](C[C@@H]1[C@@H](O)C=C)CC21OCCO1. The topological polar surface area (TPSA) is 38.7 Å². The molecule has 1 aliphatic heterocycles. The summed E-state index contributed by atoms with van der Waals surface area (Å²) in [6.45, 7) is 11.1. The van der Waals surface area contributed by atoms with Crippen molar-refractivity contribution in [1.82, 2.24) is 0 Å². The zero-order valence-electron chi connectivity index (χ0n) is 12.2. The van der Waals surface area contributed by atoms with Crippen LogP contribution in [0, 0.1) is 17.3 Å². The molecule has 1 saturated carbocycles. The van der Waals surface area contributed by atoms with E-state index >= 15 is 0 Å². The van der Waals surface area contributed by atoms with Gasteiger partial charge in [-0.2, -0.15) is 0 Å². The smallest absolute Gasteiger partial charge is 0.178 e. The summed E-state index contributed by atoms with van der Waals surface area (Å²) in [6.07, 6.45) is 7.93. The molecule has 4 atom stereocenters. The molecule has 3 aliphatic carbocycles. The summed E-state index contributed by atoms with van der Waals surface area (Å²) < 4.78 is 12.2. The third-order valence-electron chi connectivity index (χ3n) is 5.44. The molecule has 1 heterocycles. The molecule has 3 nitrogen and oxygen atoms in total. The second-order valence-corrected chi connectivity index (χ2v) is 6.34. The summed E-state index contributed by atoms with van der Waals surface area (Å²) in [7, 11) is 0. The van der Waals surface area contributed by atoms with E-state index in [0.29, 0.717) is 19.1 Å². The zero-order chi connectivity index (χ0) is 14.4. The number of rotatable bonds is 4. The zero-order valence-corrected chi connectivity index (χ0v) is 12.2. The number of fused-ring (bicyclic) bond motifs is 1. The lowest BCUT2D eigenvalue weighted by atomic mass is 9.51. The number of ether oxygens (including phenoxy) is 2. The van der Waals surface area contributed by atoms with Crippen LogP contribution in [-0.2, 0) is 9.47 Å². The normalized spacial score (nSPS) is 39.6. The van der Waals surface area contributed by atoms with E-state index in [2.05, 4.69) is 26.2 Å². The summed E-state index contributed by atoms with van der Waals surface area (Å²) in [5, 5.41) is 10.4. The summed E-state index contributed by atoms with van der Waals surface area (Å²) in [6, 6.07) is 0. The van der Waals surface area contributed by atoms with Gasteiger partial charge in [0.2, 0.25) is 0 Å². The van der Waals surface area contributed by atoms with E-state index in [-0.39, 0.29) is 11.3 Å². The number of aliphatic hydroxyl groups is 1. The van der Waals surface area contributed by atoms with E-state index in [1.807, 2.05) is 6.08 Å². The first-order valence-electron chi connectivity index (χ1n) is 7.47. The first kappa shape index (κ1) is 14.1. The van der Waals surface area contributed by atoms with Gasteiger partial charge in [0.05, 0.1) is 24.7 Å². The van der Waals surface area contributed by atoms with Gasteiger partial charge in [0.15, 0.2) is 5.79 Å². The van der Waals surface area contributed by atoms with Crippen LogP contribution >= 0.6 is 0 Å². The van der Waals surface area contributed by atoms with E-state index in [0.717, 1.165) is 19.3 Å². The summed E-state index contributed by atoms with van der Waals surface area (Å²) >= 11 is 0. The van der Waals surface area contributed by atoms with E-state index in [1.54, 1.807) is 6.08 Å². The van der Waals surface area contributed by atoms with Crippen molar-refractivity contribution in [3.05, 3.63) is 37.0 Å². The van der Waals surface area contributed by atoms with Gasteiger partial charge in [-0.15, -0.1) is 13.2 Å². The van der Waals surface area contributed by atoms with E-state index in [1.165, 1.54) is 5.57 Å². The minimum atomic E-state index is -0.585. The second-order valence-electron chi connectivity index (χ2n) is 6.34. The van der Waals surface area contributed by atoms with Crippen LogP contribution in [0.25, 0.3) is 0 Å². The molecule has 20 heavy (non-hydrogen) atoms. The molecular formula is C17H24O3. The van der Waals surface area contributed by atoms with Crippen molar-refractivity contribution in [3.8, 4) is 0 Å². The number of hydrogen-bond donors (Lipinski definition) is 1. The fourth-order valence-electron chi connectivity index (χ4n) is 4.54. The van der Waals surface area contributed by atoms with Crippen molar-refractivity contribution in [2.75, 3.05) is 13.2 Å². The average Bonchev–Trinajstić information content (AvgIpc) is 2.89. The Hall–Kier alpha value is -0.900. The Morgan fingerprint density at radius 3 is 2.75 bits per heavy atom. The molecule has 4 rings (SSSR count). The van der Waals surface area contributed by atoms with Crippen LogP contribution in [0.3, 0.4) is 0 Å². The third kappa shape index (κ3) is 1.70. The average molecular weight is 276 g/mol. The van der Waals surface area contributed by atoms with Crippen molar-refractivity contribution in [3.63, 3.8) is 0 Å². The second kappa shape index (κ2) is 4.83. The molecule has 2 fully saturated rings. The first-order chi connectivity index (χ1) is 9.58. The van der Waals surface area contributed by atoms with Crippen molar-refractivity contribution >= 4 is 0 Å². The molecule has 3 heteroatoms. The largest absolute Gasteiger partial charge is 0.389 e. The minimum Gasteiger partial charge on any atom is -0.389 e. The van der Waals surface area contributed by atoms with Crippen LogP contribution in [0.15, 0.2) is 37.0 Å². The highest BCUT2D eigenvalue weighted by molar-refractivity contribution is 5.30. The number of aliphatic hydroxyl groups excluding tert-OH is 1. The molecule has 0 aromatic carbocycles. The Labute approximate surface area is 121 Å². The monoisotopic (exact) mass is 276 g/mol. The van der Waals surface area contributed by atoms with Gasteiger partial charge in [-0.05, 0) is 25.7 Å². The van der Waals surface area contributed by atoms with Crippen LogP contribution < -0.4 is 0 Å². The van der Waals surface area contributed by atoms with Gasteiger partial charge in [-0.1, -0.05) is 23.8 Å². The summed E-state index contributed by atoms with van der Waals surface area (Å²) in [4.78, 5) is 0. The van der Waals surface area contributed by atoms with Gasteiger partial charge in [-0.25, -0.2) is 0 Å². The van der Waals surface area contributed by atoms with E-state index < -0.39 is 11.9 Å². The Kier molecular flexibility index (Phi) is 3.39. The van der Waals surface area contributed by atoms with Gasteiger partial charge >= 0.3 is 0 Å². The quantitative estimate of drug-likeness (QED) is 0.802. The molecule has 0 amide bonds. The Morgan fingerprint density at radius 2 is 2.15 bits per heavy atom. The lowest BCUT2D eigenvalue weighted by Crippen LogP contribution is -2.62. The highest BCUT2D eigenvalue weighted by Gasteiger charge is 2.65. The van der Waals surface area contributed by atoms with Crippen molar-refractivity contribution < 1.29 is 14.6 Å². The summed E-state index contributed by atoms with van der Waals surface area (Å²) in [5.41, 5.74) is 1.07. The van der Waals surface area contributed by atoms with E-state index in [4.69, 9.17) is 9.47 Å². The standard InChI is InChI=1S/C17H24O3/c1-4-6-16-10-12(3)13(9-14(16)15(18)5-2)11-17(16)19-7-8-20-17/h4-5,10,13-15,18H,1-2,6-9,11H2,3H3/t13-,14-,15+,16+/m1/s1. The Morgan fingerprint density at radius 1 is 1.45 bits per heavy atom. The van der Waals surface area contributed by atoms with Gasteiger partial charge in [0.25, 0.3) is 0 Å². The number of allylic oxidation sites excluding steroid dienone is 2. The minimum absolute atomic E-state index is 0.0820. The van der Waals surface area contributed by atoms with Crippen LogP contribution in [0.4, 0.5) is 0 Å². The predicted octanol–water partition coefficient (Wildman–Crippen LogP) is 2.83. The molecule has 0 aromatic heterocycles. The molecular weight excluding hydrogens is 252 g/mol. The Balaban J connectivity index is 2.12. The number of hydrogen-bond acceptors (Lipinski definition) is 3. The first-order valence-corrected chi connectivity index (χ1v) is 7.47. The lowest BCUT2D eigenvalue weighted by molar-refractivity contribution is -0.276. The Bertz CT molecular complexity index is 447. The molecule has 0 radical (unpaired) electrons. The van der Waals surface area contributed by atoms with Gasteiger partial charge < -0.3 is 14.6 Å². The van der Waals surface area contributed by atoms with Crippen molar-refractivity contribution in [2.45, 2.75) is 38.1 Å². The highest BCUT2D eigenvalue weighted by atomic mass is 16.7. The van der Waals surface area contributed by atoms with Gasteiger partial charge in [-0.3, -0.25) is 0 Å². The molecule has 0 aromatic rings. The van der Waals surface area contributed by atoms with Gasteiger partial charge in [0, 0.05) is 12.3 Å². The van der Waals surface area contributed by atoms with Crippen LogP contribution in [0.2, 0.25) is 0 Å². The molecule has 1 spiro atoms. The molecule has 0 unspecified atom stereocenters. The maximum atomic E-state index is 10.4. The van der Waals surface area contributed by atoms with E-state index in [9.17, 15) is 5.11 Å². The molecule has 1 saturated heterocycles. The fraction of sp³-hybridized carbons (Fsp3) is 0.647. The van der Waals surface area contributed by atoms with Gasteiger partial charge in [0.1, 0.15) is 0 Å². The highest BCUT2D eigenvalue weighted by Crippen LogP contribution is 2.63. The maximum Gasteiger partial charge on any atom is 0.178 e. The summed E-state index contributed by atoms with van der Waals surface area (Å²) in [5.74, 6) is -0.0731. The molecule has 1 N–H and O–H groups in total. The molecule has 4 aliphatic rings. The van der Waals surface area contributed by atoms with Crippen LogP contribution in [0.1, 0.15) is 26.2 Å². The van der Waals surface area contributed by atoms with Crippen LogP contribution in [-0.4, -0.2) is 30.2 Å². The molecule has 110 valence electrons.